The molecular weight excluding hydrogens is 507 g/mol. The van der Waals surface area contributed by atoms with E-state index in [0.29, 0.717) is 19.0 Å². The smallest absolute Gasteiger partial charge is 0.222 e. The van der Waals surface area contributed by atoms with Crippen LogP contribution in [0.15, 0.2) is 29.3 Å². The maximum atomic E-state index is 12.6. The number of aliphatic imine (C=N–C) groups is 1. The number of carbonyl (C=O) groups is 1. The fraction of sp³-hybridized carbons (Fsp3) is 0.652. The fourth-order valence-corrected chi connectivity index (χ4v) is 5.12. The Bertz CT molecular complexity index is 700. The Hall–Kier alpha value is -0.960. The number of rotatable bonds is 7. The molecular formula is C23H37IN4OS. The van der Waals surface area contributed by atoms with Crippen molar-refractivity contribution in [1.29, 1.82) is 0 Å². The molecule has 1 aromatic rings. The second-order valence-corrected chi connectivity index (χ2v) is 9.20. The predicted octanol–water partition coefficient (Wildman–Crippen LogP) is 4.20. The number of guanidine groups is 1. The lowest BCUT2D eigenvalue weighted by Gasteiger charge is -2.30. The summed E-state index contributed by atoms with van der Waals surface area (Å²) in [5, 5.41) is 7.74. The van der Waals surface area contributed by atoms with Gasteiger partial charge in [-0.25, -0.2) is 0 Å². The Morgan fingerprint density at radius 2 is 2.07 bits per heavy atom. The molecule has 0 aromatic heterocycles. The van der Waals surface area contributed by atoms with E-state index in [1.807, 2.05) is 16.7 Å². The van der Waals surface area contributed by atoms with Gasteiger partial charge in [-0.1, -0.05) is 30.7 Å². The van der Waals surface area contributed by atoms with Crippen molar-refractivity contribution in [3.8, 4) is 0 Å². The van der Waals surface area contributed by atoms with Crippen molar-refractivity contribution in [1.82, 2.24) is 15.5 Å². The quantitative estimate of drug-likeness (QED) is 0.234. The number of thioether (sulfide) groups is 1. The molecule has 0 radical (unpaired) electrons. The summed E-state index contributed by atoms with van der Waals surface area (Å²) in [5.41, 5.74) is 2.67. The number of hydrogen-bond donors (Lipinski definition) is 2. The summed E-state index contributed by atoms with van der Waals surface area (Å²) in [7, 11) is 0. The van der Waals surface area contributed by atoms with Crippen molar-refractivity contribution >= 4 is 47.6 Å². The van der Waals surface area contributed by atoms with Crippen LogP contribution in [0, 0.1) is 0 Å². The molecule has 30 heavy (non-hydrogen) atoms. The number of nitrogens with one attached hydrogen (secondary N) is 2. The molecule has 0 saturated heterocycles. The zero-order chi connectivity index (χ0) is 20.5. The van der Waals surface area contributed by atoms with Gasteiger partial charge in [0.1, 0.15) is 0 Å². The Morgan fingerprint density at radius 1 is 1.27 bits per heavy atom. The summed E-state index contributed by atoms with van der Waals surface area (Å²) in [6.45, 7) is 5.23. The molecule has 2 atom stereocenters. The zero-order valence-electron chi connectivity index (χ0n) is 18.4. The Balaban J connectivity index is 0.00000320. The van der Waals surface area contributed by atoms with Crippen molar-refractivity contribution in [2.24, 2.45) is 4.99 Å². The van der Waals surface area contributed by atoms with Crippen molar-refractivity contribution in [2.45, 2.75) is 69.7 Å². The van der Waals surface area contributed by atoms with Gasteiger partial charge in [0.25, 0.3) is 0 Å². The van der Waals surface area contributed by atoms with Crippen molar-refractivity contribution in [3.63, 3.8) is 0 Å². The van der Waals surface area contributed by atoms with Gasteiger partial charge < -0.3 is 15.5 Å². The van der Waals surface area contributed by atoms with Crippen LogP contribution in [0.5, 0.6) is 0 Å². The number of hydrogen-bond acceptors (Lipinski definition) is 3. The third kappa shape index (κ3) is 7.62. The van der Waals surface area contributed by atoms with E-state index in [2.05, 4.69) is 48.1 Å². The summed E-state index contributed by atoms with van der Waals surface area (Å²) in [4.78, 5) is 19.3. The van der Waals surface area contributed by atoms with Crippen molar-refractivity contribution in [3.05, 3.63) is 35.4 Å². The minimum absolute atomic E-state index is 0. The first-order valence-corrected chi connectivity index (χ1v) is 12.4. The molecule has 1 fully saturated rings. The van der Waals surface area contributed by atoms with Gasteiger partial charge in [0.2, 0.25) is 5.91 Å². The average Bonchev–Trinajstić information content (AvgIpc) is 2.76. The topological polar surface area (TPSA) is 56.7 Å². The molecule has 168 valence electrons. The number of nitrogens with zero attached hydrogens (tertiary/aromatic N) is 2. The van der Waals surface area contributed by atoms with Gasteiger partial charge in [-0.15, -0.1) is 24.0 Å². The minimum Gasteiger partial charge on any atom is -0.357 e. The van der Waals surface area contributed by atoms with Gasteiger partial charge in [-0.2, -0.15) is 11.8 Å². The van der Waals surface area contributed by atoms with Gasteiger partial charge in [0.05, 0.1) is 0 Å². The molecule has 5 nitrogen and oxygen atoms in total. The first kappa shape index (κ1) is 25.3. The van der Waals surface area contributed by atoms with E-state index in [1.54, 1.807) is 0 Å². The summed E-state index contributed by atoms with van der Waals surface area (Å²) in [6, 6.07) is 8.97. The average molecular weight is 545 g/mol. The van der Waals surface area contributed by atoms with Crippen LogP contribution in [0.4, 0.5) is 0 Å². The van der Waals surface area contributed by atoms with Crippen molar-refractivity contribution in [2.75, 3.05) is 25.9 Å². The Morgan fingerprint density at radius 3 is 2.83 bits per heavy atom. The van der Waals surface area contributed by atoms with Crippen LogP contribution in [0.25, 0.3) is 0 Å². The first-order valence-electron chi connectivity index (χ1n) is 11.1. The van der Waals surface area contributed by atoms with E-state index < -0.39 is 0 Å². The van der Waals surface area contributed by atoms with Crippen LogP contribution >= 0.6 is 35.7 Å². The monoisotopic (exact) mass is 544 g/mol. The van der Waals surface area contributed by atoms with E-state index >= 15 is 0 Å². The Kier molecular flexibility index (Phi) is 11.3. The molecule has 0 bridgehead atoms. The van der Waals surface area contributed by atoms with Crippen LogP contribution in [-0.2, 0) is 17.8 Å². The number of carbonyl (C=O) groups excluding carboxylic acids is 1. The van der Waals surface area contributed by atoms with Crippen molar-refractivity contribution < 1.29 is 4.79 Å². The number of halogens is 1. The molecule has 2 aliphatic rings. The lowest BCUT2D eigenvalue weighted by atomic mass is 9.95. The second-order valence-electron chi connectivity index (χ2n) is 8.06. The van der Waals surface area contributed by atoms with Crippen LogP contribution in [0.1, 0.15) is 56.6 Å². The van der Waals surface area contributed by atoms with E-state index in [-0.39, 0.29) is 29.9 Å². The van der Waals surface area contributed by atoms with E-state index in [1.165, 1.54) is 36.8 Å². The molecule has 1 saturated carbocycles. The highest BCUT2D eigenvalue weighted by molar-refractivity contribution is 14.0. The van der Waals surface area contributed by atoms with Crippen LogP contribution in [0.3, 0.4) is 0 Å². The van der Waals surface area contributed by atoms with Gasteiger partial charge >= 0.3 is 0 Å². The minimum atomic E-state index is 0. The normalized spacial score (nSPS) is 21.4. The van der Waals surface area contributed by atoms with Crippen LogP contribution in [0.2, 0.25) is 0 Å². The molecule has 1 aliphatic carbocycles. The van der Waals surface area contributed by atoms with Crippen LogP contribution < -0.4 is 10.6 Å². The van der Waals surface area contributed by atoms with E-state index in [4.69, 9.17) is 4.99 Å². The molecule has 1 heterocycles. The van der Waals surface area contributed by atoms with Gasteiger partial charge in [0.15, 0.2) is 5.96 Å². The second kappa shape index (κ2) is 13.5. The maximum absolute atomic E-state index is 12.6. The summed E-state index contributed by atoms with van der Waals surface area (Å²) < 4.78 is 0. The third-order valence-corrected chi connectivity index (χ3v) is 7.04. The lowest BCUT2D eigenvalue weighted by molar-refractivity contribution is -0.132. The predicted molar refractivity (Wildman–Crippen MR) is 139 cm³/mol. The summed E-state index contributed by atoms with van der Waals surface area (Å²) in [5.74, 6) is 1.15. The summed E-state index contributed by atoms with van der Waals surface area (Å²) >= 11 is 1.98. The van der Waals surface area contributed by atoms with E-state index in [0.717, 1.165) is 43.7 Å². The molecule has 1 aliphatic heterocycles. The summed E-state index contributed by atoms with van der Waals surface area (Å²) in [6.07, 6.45) is 9.59. The molecule has 3 rings (SSSR count). The Labute approximate surface area is 203 Å². The molecule has 7 heteroatoms. The SMILES string of the molecule is CCNC(=NCCCC(=O)N1CCc2ccccc2C1)NC1CCCC(SC)C1.I. The van der Waals surface area contributed by atoms with Crippen LogP contribution in [-0.4, -0.2) is 53.9 Å². The van der Waals surface area contributed by atoms with Gasteiger partial charge in [0, 0.05) is 43.9 Å². The molecule has 1 aromatic carbocycles. The first-order chi connectivity index (χ1) is 14.2. The largest absolute Gasteiger partial charge is 0.357 e. The standard InChI is InChI=1S/C23H36N4OS.HI/c1-3-24-23(26-20-10-6-11-21(16-20)29-2)25-14-7-12-22(28)27-15-13-18-8-4-5-9-19(18)17-27;/h4-5,8-9,20-21H,3,6-7,10-17H2,1-2H3,(H2,24,25,26);1H. The molecule has 2 unspecified atom stereocenters. The zero-order valence-corrected chi connectivity index (χ0v) is 21.5. The number of fused-ring (bicyclic) bond motifs is 1. The maximum Gasteiger partial charge on any atom is 0.222 e. The fourth-order valence-electron chi connectivity index (χ4n) is 4.29. The molecule has 2 N–H and O–H groups in total. The highest BCUT2D eigenvalue weighted by Crippen LogP contribution is 2.26. The molecule has 0 spiro atoms. The number of benzene rings is 1. The third-order valence-electron chi connectivity index (χ3n) is 5.95. The lowest BCUT2D eigenvalue weighted by Crippen LogP contribution is -2.45. The highest BCUT2D eigenvalue weighted by Gasteiger charge is 2.22. The van der Waals surface area contributed by atoms with E-state index in [9.17, 15) is 4.79 Å². The molecule has 1 amide bonds. The highest BCUT2D eigenvalue weighted by atomic mass is 127. The van der Waals surface area contributed by atoms with Gasteiger partial charge in [-0.05, 0) is 56.4 Å². The van der Waals surface area contributed by atoms with Gasteiger partial charge in [-0.3, -0.25) is 9.79 Å². The number of amides is 1.